The Kier molecular flexibility index (Phi) is 6.49. The molecule has 4 nitrogen and oxygen atoms in total. The van der Waals surface area contributed by atoms with Gasteiger partial charge in [0.2, 0.25) is 0 Å². The van der Waals surface area contributed by atoms with Gasteiger partial charge in [0.05, 0.1) is 12.9 Å². The third-order valence-corrected chi connectivity index (χ3v) is 2.60. The number of ether oxygens (including phenoxy) is 1. The van der Waals surface area contributed by atoms with Crippen LogP contribution in [0.3, 0.4) is 0 Å². The molecule has 1 rings (SSSR count). The Morgan fingerprint density at radius 3 is 3.00 bits per heavy atom. The minimum Gasteiger partial charge on any atom is -0.453 e. The summed E-state index contributed by atoms with van der Waals surface area (Å²) in [7, 11) is 1.70. The highest BCUT2D eigenvalue weighted by Crippen LogP contribution is 2.15. The zero-order chi connectivity index (χ0) is 11.8. The van der Waals surface area contributed by atoms with Crippen LogP contribution in [-0.4, -0.2) is 32.8 Å². The lowest BCUT2D eigenvalue weighted by molar-refractivity contribution is 0.198. The van der Waals surface area contributed by atoms with E-state index >= 15 is 0 Å². The van der Waals surface area contributed by atoms with E-state index in [9.17, 15) is 0 Å². The van der Waals surface area contributed by atoms with E-state index in [1.54, 1.807) is 13.4 Å². The predicted molar refractivity (Wildman–Crippen MR) is 64.8 cm³/mol. The molecule has 1 heterocycles. The molecule has 0 saturated heterocycles. The lowest BCUT2D eigenvalue weighted by Crippen LogP contribution is -2.37. The Hall–Kier alpha value is -0.550. The summed E-state index contributed by atoms with van der Waals surface area (Å²) in [6.07, 6.45) is 1.60. The molecule has 2 N–H and O–H groups in total. The van der Waals surface area contributed by atoms with E-state index in [1.165, 1.54) is 0 Å². The molecule has 1 aromatic rings. The van der Waals surface area contributed by atoms with Crippen molar-refractivity contribution in [3.63, 3.8) is 0 Å². The normalized spacial score (nSPS) is 12.9. The SMILES string of the molecule is COCCNCC(C)NCc1ccoc1Cl. The zero-order valence-electron chi connectivity index (χ0n) is 9.75. The fraction of sp³-hybridized carbons (Fsp3) is 0.636. The van der Waals surface area contributed by atoms with Crippen LogP contribution in [0.15, 0.2) is 16.7 Å². The van der Waals surface area contributed by atoms with Crippen molar-refractivity contribution in [2.75, 3.05) is 26.8 Å². The fourth-order valence-corrected chi connectivity index (χ4v) is 1.48. The first kappa shape index (κ1) is 13.5. The number of furan rings is 1. The summed E-state index contributed by atoms with van der Waals surface area (Å²) in [5.41, 5.74) is 0.991. The van der Waals surface area contributed by atoms with Gasteiger partial charge in [-0.3, -0.25) is 0 Å². The summed E-state index contributed by atoms with van der Waals surface area (Å²) in [4.78, 5) is 0. The van der Waals surface area contributed by atoms with Crippen molar-refractivity contribution in [1.29, 1.82) is 0 Å². The van der Waals surface area contributed by atoms with Crippen LogP contribution in [-0.2, 0) is 11.3 Å². The number of methoxy groups -OCH3 is 1. The van der Waals surface area contributed by atoms with Gasteiger partial charge in [0.1, 0.15) is 0 Å². The van der Waals surface area contributed by atoms with E-state index < -0.39 is 0 Å². The first-order chi connectivity index (χ1) is 7.74. The molecule has 0 spiro atoms. The number of nitrogens with one attached hydrogen (secondary N) is 2. The molecule has 1 unspecified atom stereocenters. The highest BCUT2D eigenvalue weighted by atomic mass is 35.5. The van der Waals surface area contributed by atoms with Gasteiger partial charge < -0.3 is 19.8 Å². The van der Waals surface area contributed by atoms with Gasteiger partial charge in [-0.15, -0.1) is 0 Å². The molecule has 92 valence electrons. The minimum atomic E-state index is 0.378. The number of hydrogen-bond donors (Lipinski definition) is 2. The Balaban J connectivity index is 2.10. The second-order valence-corrected chi connectivity index (χ2v) is 4.04. The van der Waals surface area contributed by atoms with E-state index in [2.05, 4.69) is 17.6 Å². The average molecular weight is 247 g/mol. The molecule has 1 aromatic heterocycles. The van der Waals surface area contributed by atoms with Crippen LogP contribution < -0.4 is 10.6 Å². The number of rotatable bonds is 8. The predicted octanol–water partition coefficient (Wildman–Crippen LogP) is 1.65. The minimum absolute atomic E-state index is 0.378. The lowest BCUT2D eigenvalue weighted by Gasteiger charge is -2.14. The summed E-state index contributed by atoms with van der Waals surface area (Å²) in [6.45, 7) is 5.35. The quantitative estimate of drug-likeness (QED) is 0.685. The molecule has 1 atom stereocenters. The molecule has 0 radical (unpaired) electrons. The summed E-state index contributed by atoms with van der Waals surface area (Å²) in [5, 5.41) is 7.11. The van der Waals surface area contributed by atoms with Crippen LogP contribution >= 0.6 is 11.6 Å². The Labute approximate surface area is 101 Å². The highest BCUT2D eigenvalue weighted by molar-refractivity contribution is 6.29. The molecular formula is C11H19ClN2O2. The van der Waals surface area contributed by atoms with Crippen molar-refractivity contribution in [3.8, 4) is 0 Å². The summed E-state index contributed by atoms with van der Waals surface area (Å²) in [6, 6.07) is 2.25. The van der Waals surface area contributed by atoms with Crippen LogP contribution in [0.25, 0.3) is 0 Å². The molecule has 0 amide bonds. The summed E-state index contributed by atoms with van der Waals surface area (Å²) < 4.78 is 9.95. The third kappa shape index (κ3) is 4.99. The van der Waals surface area contributed by atoms with E-state index in [4.69, 9.17) is 20.8 Å². The first-order valence-electron chi connectivity index (χ1n) is 5.39. The van der Waals surface area contributed by atoms with Crippen LogP contribution in [0.2, 0.25) is 5.22 Å². The van der Waals surface area contributed by atoms with E-state index in [1.807, 2.05) is 6.07 Å². The van der Waals surface area contributed by atoms with Crippen molar-refractivity contribution in [2.24, 2.45) is 0 Å². The van der Waals surface area contributed by atoms with Gasteiger partial charge in [0.25, 0.3) is 0 Å². The van der Waals surface area contributed by atoms with Crippen LogP contribution in [0.4, 0.5) is 0 Å². The van der Waals surface area contributed by atoms with Crippen molar-refractivity contribution in [2.45, 2.75) is 19.5 Å². The zero-order valence-corrected chi connectivity index (χ0v) is 10.5. The summed E-state index contributed by atoms with van der Waals surface area (Å²) in [5.74, 6) is 0. The first-order valence-corrected chi connectivity index (χ1v) is 5.76. The van der Waals surface area contributed by atoms with Crippen molar-refractivity contribution >= 4 is 11.6 Å². The molecule has 16 heavy (non-hydrogen) atoms. The van der Waals surface area contributed by atoms with E-state index in [0.29, 0.717) is 11.3 Å². The van der Waals surface area contributed by atoms with E-state index in [0.717, 1.165) is 31.8 Å². The van der Waals surface area contributed by atoms with Crippen molar-refractivity contribution < 1.29 is 9.15 Å². The smallest absolute Gasteiger partial charge is 0.197 e. The highest BCUT2D eigenvalue weighted by Gasteiger charge is 2.05. The fourth-order valence-electron chi connectivity index (χ4n) is 1.29. The van der Waals surface area contributed by atoms with Crippen LogP contribution in [0, 0.1) is 0 Å². The maximum atomic E-state index is 5.83. The molecule has 0 bridgehead atoms. The monoisotopic (exact) mass is 246 g/mol. The third-order valence-electron chi connectivity index (χ3n) is 2.27. The molecule has 0 aliphatic carbocycles. The van der Waals surface area contributed by atoms with Gasteiger partial charge in [-0.25, -0.2) is 0 Å². The largest absolute Gasteiger partial charge is 0.453 e. The van der Waals surface area contributed by atoms with Crippen LogP contribution in [0.1, 0.15) is 12.5 Å². The molecule has 0 aliphatic heterocycles. The molecular weight excluding hydrogens is 228 g/mol. The molecule has 0 saturated carbocycles. The average Bonchev–Trinajstić information content (AvgIpc) is 2.67. The molecule has 5 heteroatoms. The standard InChI is InChI=1S/C11H19ClN2O2/c1-9(7-13-4-6-15-2)14-8-10-3-5-16-11(10)12/h3,5,9,13-14H,4,6-8H2,1-2H3. The molecule has 0 aromatic carbocycles. The second-order valence-electron chi connectivity index (χ2n) is 3.70. The van der Waals surface area contributed by atoms with Crippen LogP contribution in [0.5, 0.6) is 0 Å². The Morgan fingerprint density at radius 1 is 1.56 bits per heavy atom. The van der Waals surface area contributed by atoms with Gasteiger partial charge in [-0.05, 0) is 24.6 Å². The Morgan fingerprint density at radius 2 is 2.38 bits per heavy atom. The second kappa shape index (κ2) is 7.68. The number of halogens is 1. The topological polar surface area (TPSA) is 46.4 Å². The van der Waals surface area contributed by atoms with Gasteiger partial charge in [-0.2, -0.15) is 0 Å². The van der Waals surface area contributed by atoms with Gasteiger partial charge >= 0.3 is 0 Å². The summed E-state index contributed by atoms with van der Waals surface area (Å²) >= 11 is 5.83. The van der Waals surface area contributed by atoms with Crippen molar-refractivity contribution in [3.05, 3.63) is 23.1 Å². The Bertz CT molecular complexity index is 291. The van der Waals surface area contributed by atoms with Gasteiger partial charge in [0, 0.05) is 38.3 Å². The lowest BCUT2D eigenvalue weighted by atomic mass is 10.3. The van der Waals surface area contributed by atoms with Gasteiger partial charge in [0.15, 0.2) is 5.22 Å². The van der Waals surface area contributed by atoms with E-state index in [-0.39, 0.29) is 0 Å². The van der Waals surface area contributed by atoms with Gasteiger partial charge in [-0.1, -0.05) is 0 Å². The maximum absolute atomic E-state index is 5.83. The molecule has 0 fully saturated rings. The number of hydrogen-bond acceptors (Lipinski definition) is 4. The molecule has 0 aliphatic rings. The van der Waals surface area contributed by atoms with Crippen molar-refractivity contribution in [1.82, 2.24) is 10.6 Å². The maximum Gasteiger partial charge on any atom is 0.197 e.